The lowest BCUT2D eigenvalue weighted by atomic mass is 9.79. The number of rotatable bonds is 4. The number of carbonyl (C=O) groups excluding carboxylic acids is 1. The Balaban J connectivity index is 2.57. The van der Waals surface area contributed by atoms with Gasteiger partial charge in [-0.1, -0.05) is 31.5 Å². The second kappa shape index (κ2) is 5.46. The minimum absolute atomic E-state index is 0.151. The maximum Gasteiger partial charge on any atom is 0.328 e. The summed E-state index contributed by atoms with van der Waals surface area (Å²) in [7, 11) is 0. The Morgan fingerprint density at radius 1 is 1.40 bits per heavy atom. The van der Waals surface area contributed by atoms with Crippen LogP contribution in [-0.4, -0.2) is 27.7 Å². The molecule has 3 N–H and O–H groups in total. The number of carbonyl (C=O) groups is 2. The highest BCUT2D eigenvalue weighted by atomic mass is 16.4. The summed E-state index contributed by atoms with van der Waals surface area (Å²) in [6, 6.07) is 6.86. The number of fused-ring (bicyclic) bond motifs is 1. The van der Waals surface area contributed by atoms with E-state index in [1.807, 2.05) is 6.92 Å². The zero-order valence-electron chi connectivity index (χ0n) is 11.2. The smallest absolute Gasteiger partial charge is 0.328 e. The first-order valence-corrected chi connectivity index (χ1v) is 6.57. The van der Waals surface area contributed by atoms with E-state index in [9.17, 15) is 14.7 Å². The molecular formula is C15H17NO4. The standard InChI is InChI=1S/C15H17NO4/c1-2-3-8-15(20)11(9-13(17)18)10-6-4-5-7-12(10)16-14(15)19/h4-7,9,20H,2-3,8H2,1H3,(H,16,19)(H,17,18)/b11-9-. The highest BCUT2D eigenvalue weighted by molar-refractivity contribution is 6.14. The number of hydrogen-bond donors (Lipinski definition) is 3. The zero-order valence-corrected chi connectivity index (χ0v) is 11.2. The number of nitrogens with one attached hydrogen (secondary N) is 1. The van der Waals surface area contributed by atoms with E-state index in [-0.39, 0.29) is 12.0 Å². The van der Waals surface area contributed by atoms with E-state index in [1.54, 1.807) is 24.3 Å². The Morgan fingerprint density at radius 3 is 2.75 bits per heavy atom. The Hall–Kier alpha value is -2.14. The fourth-order valence-corrected chi connectivity index (χ4v) is 2.40. The molecule has 5 heteroatoms. The number of carboxylic acid groups (broad SMARTS) is 1. The van der Waals surface area contributed by atoms with Crippen LogP contribution in [0.3, 0.4) is 0 Å². The minimum atomic E-state index is -1.79. The molecule has 1 heterocycles. The summed E-state index contributed by atoms with van der Waals surface area (Å²) in [6.07, 6.45) is 2.55. The van der Waals surface area contributed by atoms with Crippen LogP contribution < -0.4 is 5.32 Å². The van der Waals surface area contributed by atoms with Crippen LogP contribution in [0.25, 0.3) is 5.57 Å². The third-order valence-electron chi connectivity index (χ3n) is 3.45. The molecule has 5 nitrogen and oxygen atoms in total. The van der Waals surface area contributed by atoms with Crippen LogP contribution in [0.1, 0.15) is 31.7 Å². The maximum atomic E-state index is 12.2. The van der Waals surface area contributed by atoms with Gasteiger partial charge in [-0.2, -0.15) is 0 Å². The average molecular weight is 275 g/mol. The first-order chi connectivity index (χ1) is 9.49. The average Bonchev–Trinajstić information content (AvgIpc) is 2.41. The molecule has 0 saturated heterocycles. The van der Waals surface area contributed by atoms with Crippen LogP contribution in [0.15, 0.2) is 30.3 Å². The van der Waals surface area contributed by atoms with Crippen LogP contribution in [0.2, 0.25) is 0 Å². The van der Waals surface area contributed by atoms with Crippen LogP contribution in [0, 0.1) is 0 Å². The molecule has 0 spiro atoms. The van der Waals surface area contributed by atoms with Gasteiger partial charge in [-0.05, 0) is 18.9 Å². The number of anilines is 1. The van der Waals surface area contributed by atoms with Crippen molar-refractivity contribution < 1.29 is 19.8 Å². The Morgan fingerprint density at radius 2 is 2.10 bits per heavy atom. The molecule has 1 amide bonds. The van der Waals surface area contributed by atoms with E-state index in [0.717, 1.165) is 12.5 Å². The van der Waals surface area contributed by atoms with Crippen LogP contribution in [0.4, 0.5) is 5.69 Å². The van der Waals surface area contributed by atoms with Crippen molar-refractivity contribution in [3.05, 3.63) is 35.9 Å². The lowest BCUT2D eigenvalue weighted by molar-refractivity contribution is -0.131. The molecule has 0 bridgehead atoms. The predicted octanol–water partition coefficient (Wildman–Crippen LogP) is 2.03. The second-order valence-corrected chi connectivity index (χ2v) is 4.86. The number of para-hydroxylation sites is 1. The van der Waals surface area contributed by atoms with Gasteiger partial charge < -0.3 is 15.5 Å². The number of benzene rings is 1. The summed E-state index contributed by atoms with van der Waals surface area (Å²) in [5, 5.41) is 22.3. The van der Waals surface area contributed by atoms with Crippen molar-refractivity contribution in [3.63, 3.8) is 0 Å². The van der Waals surface area contributed by atoms with E-state index < -0.39 is 17.5 Å². The largest absolute Gasteiger partial charge is 0.478 e. The van der Waals surface area contributed by atoms with Crippen LogP contribution >= 0.6 is 0 Å². The monoisotopic (exact) mass is 275 g/mol. The molecule has 1 unspecified atom stereocenters. The Bertz CT molecular complexity index is 579. The SMILES string of the molecule is CCCCC1(O)C(=O)Nc2ccccc2/C1=C/C(=O)O. The van der Waals surface area contributed by atoms with E-state index >= 15 is 0 Å². The molecule has 106 valence electrons. The predicted molar refractivity (Wildman–Crippen MR) is 75.2 cm³/mol. The minimum Gasteiger partial charge on any atom is -0.478 e. The van der Waals surface area contributed by atoms with Gasteiger partial charge in [0, 0.05) is 22.9 Å². The first-order valence-electron chi connectivity index (χ1n) is 6.57. The molecule has 1 aromatic rings. The number of aliphatic hydroxyl groups is 1. The highest BCUT2D eigenvalue weighted by Crippen LogP contribution is 2.40. The lowest BCUT2D eigenvalue weighted by Gasteiger charge is -2.35. The lowest BCUT2D eigenvalue weighted by Crippen LogP contribution is -2.47. The van der Waals surface area contributed by atoms with E-state index in [2.05, 4.69) is 5.32 Å². The fraction of sp³-hybridized carbons (Fsp3) is 0.333. The Labute approximate surface area is 116 Å². The zero-order chi connectivity index (χ0) is 14.8. The first kappa shape index (κ1) is 14.3. The van der Waals surface area contributed by atoms with E-state index in [0.29, 0.717) is 17.7 Å². The fourth-order valence-electron chi connectivity index (χ4n) is 2.40. The topological polar surface area (TPSA) is 86.6 Å². The molecule has 0 radical (unpaired) electrons. The summed E-state index contributed by atoms with van der Waals surface area (Å²) >= 11 is 0. The molecule has 0 aromatic heterocycles. The third-order valence-corrected chi connectivity index (χ3v) is 3.45. The van der Waals surface area contributed by atoms with Crippen molar-refractivity contribution in [1.29, 1.82) is 0 Å². The number of aliphatic carboxylic acids is 1. The maximum absolute atomic E-state index is 12.2. The van der Waals surface area contributed by atoms with E-state index in [1.165, 1.54) is 0 Å². The Kier molecular flexibility index (Phi) is 3.90. The normalized spacial score (nSPS) is 23.3. The molecule has 20 heavy (non-hydrogen) atoms. The molecule has 0 saturated carbocycles. The number of amides is 1. The van der Waals surface area contributed by atoms with Crippen LogP contribution in [-0.2, 0) is 9.59 Å². The van der Waals surface area contributed by atoms with Gasteiger partial charge in [0.2, 0.25) is 0 Å². The molecule has 0 fully saturated rings. The number of hydrogen-bond acceptors (Lipinski definition) is 3. The van der Waals surface area contributed by atoms with Gasteiger partial charge >= 0.3 is 5.97 Å². The van der Waals surface area contributed by atoms with Crippen molar-refractivity contribution >= 4 is 23.1 Å². The summed E-state index contributed by atoms with van der Waals surface area (Å²) in [4.78, 5) is 23.2. The van der Waals surface area contributed by atoms with Gasteiger partial charge in [0.05, 0.1) is 0 Å². The van der Waals surface area contributed by atoms with Gasteiger partial charge in [0.25, 0.3) is 5.91 Å². The third kappa shape index (κ3) is 2.44. The van der Waals surface area contributed by atoms with Gasteiger partial charge in [-0.3, -0.25) is 4.79 Å². The van der Waals surface area contributed by atoms with Gasteiger partial charge in [0.15, 0.2) is 5.60 Å². The molecule has 1 atom stereocenters. The van der Waals surface area contributed by atoms with Gasteiger partial charge in [-0.25, -0.2) is 4.79 Å². The van der Waals surface area contributed by atoms with Crippen molar-refractivity contribution in [2.75, 3.05) is 5.32 Å². The molecule has 1 aromatic carbocycles. The molecule has 1 aliphatic rings. The van der Waals surface area contributed by atoms with Gasteiger partial charge in [-0.15, -0.1) is 0 Å². The molecule has 1 aliphatic heterocycles. The summed E-state index contributed by atoms with van der Waals surface area (Å²) in [5.41, 5.74) is -0.569. The van der Waals surface area contributed by atoms with Crippen molar-refractivity contribution in [2.24, 2.45) is 0 Å². The highest BCUT2D eigenvalue weighted by Gasteiger charge is 2.44. The molecule has 2 rings (SSSR count). The number of carboxylic acids is 1. The second-order valence-electron chi connectivity index (χ2n) is 4.86. The summed E-state index contributed by atoms with van der Waals surface area (Å²) in [6.45, 7) is 1.94. The molecule has 0 aliphatic carbocycles. The van der Waals surface area contributed by atoms with Crippen molar-refractivity contribution in [1.82, 2.24) is 0 Å². The van der Waals surface area contributed by atoms with Crippen molar-refractivity contribution in [3.8, 4) is 0 Å². The van der Waals surface area contributed by atoms with E-state index in [4.69, 9.17) is 5.11 Å². The van der Waals surface area contributed by atoms with Crippen molar-refractivity contribution in [2.45, 2.75) is 31.8 Å². The number of unbranched alkanes of at least 4 members (excludes halogenated alkanes) is 1. The van der Waals surface area contributed by atoms with Gasteiger partial charge in [0.1, 0.15) is 0 Å². The van der Waals surface area contributed by atoms with Crippen LogP contribution in [0.5, 0.6) is 0 Å². The quantitative estimate of drug-likeness (QED) is 0.734. The summed E-state index contributed by atoms with van der Waals surface area (Å²) < 4.78 is 0. The summed E-state index contributed by atoms with van der Waals surface area (Å²) in [5.74, 6) is -1.75. The molecular weight excluding hydrogens is 258 g/mol.